The third-order valence-electron chi connectivity index (χ3n) is 7.68. The molecule has 6 aromatic carbocycles. The number of rotatable bonds is 9. The van der Waals surface area contributed by atoms with Crippen molar-refractivity contribution in [2.75, 3.05) is 5.88 Å². The summed E-state index contributed by atoms with van der Waals surface area (Å²) in [4.78, 5) is 0. The Bertz CT molecular complexity index is 1410. The second-order valence-electron chi connectivity index (χ2n) is 10.0. The molecule has 4 heteroatoms. The molecule has 0 fully saturated rings. The number of hydrogen-bond donors (Lipinski definition) is 0. The molecule has 42 heavy (non-hydrogen) atoms. The monoisotopic (exact) mass is 781 g/mol. The summed E-state index contributed by atoms with van der Waals surface area (Å²) in [6.45, 7) is 0. The van der Waals surface area contributed by atoms with Gasteiger partial charge in [0, 0.05) is 0 Å². The van der Waals surface area contributed by atoms with Gasteiger partial charge in [-0.3, -0.25) is 0 Å². The molecule has 0 aliphatic rings. The first-order chi connectivity index (χ1) is 20.8. The van der Waals surface area contributed by atoms with Crippen molar-refractivity contribution in [1.29, 1.82) is 0 Å². The fraction of sp³-hybridized carbons (Fsp3) is 0.0263. The zero-order valence-corrected chi connectivity index (χ0v) is 28.5. The Labute approximate surface area is 260 Å². The minimum absolute atomic E-state index is 0.540. The predicted molar refractivity (Wildman–Crippen MR) is 190 cm³/mol. The summed E-state index contributed by atoms with van der Waals surface area (Å²) in [5.74, 6) is 0.540. The van der Waals surface area contributed by atoms with Gasteiger partial charge in [-0.25, -0.2) is 0 Å². The van der Waals surface area contributed by atoms with Gasteiger partial charge in [-0.15, -0.1) is 0 Å². The summed E-state index contributed by atoms with van der Waals surface area (Å²) in [7, 11) is 0. The molecule has 0 saturated carbocycles. The Morgan fingerprint density at radius 3 is 0.714 bits per heavy atom. The molecule has 0 saturated heterocycles. The van der Waals surface area contributed by atoms with Crippen LogP contribution in [-0.4, -0.2) is 10.4 Å². The molecule has 0 unspecified atom stereocenters. The summed E-state index contributed by atoms with van der Waals surface area (Å²) in [6.07, 6.45) is 0. The van der Waals surface area contributed by atoms with Crippen LogP contribution in [0.1, 0.15) is 0 Å². The van der Waals surface area contributed by atoms with Crippen LogP contribution in [0.2, 0.25) is 0 Å². The Morgan fingerprint density at radius 2 is 0.548 bits per heavy atom. The van der Waals surface area contributed by atoms with Gasteiger partial charge < -0.3 is 0 Å². The van der Waals surface area contributed by atoms with E-state index in [0.29, 0.717) is 5.88 Å². The van der Waals surface area contributed by atoms with Gasteiger partial charge in [0.1, 0.15) is 0 Å². The molecule has 0 N–H and O–H groups in total. The van der Waals surface area contributed by atoms with Gasteiger partial charge in [-0.2, -0.15) is 0 Å². The van der Waals surface area contributed by atoms with Crippen LogP contribution in [0.5, 0.6) is 0 Å². The normalized spacial score (nSPS) is 12.7. The SMILES string of the molecule is ClC[CH]=[Ir]([PH](c1ccccc1)(c1ccccc1)c1ccccc1)[PH](c1ccccc1)(c1ccccc1)c1ccccc1. The molecule has 0 aliphatic carbocycles. The van der Waals surface area contributed by atoms with Crippen molar-refractivity contribution < 1.29 is 15.0 Å². The van der Waals surface area contributed by atoms with Gasteiger partial charge in [-0.1, -0.05) is 0 Å². The van der Waals surface area contributed by atoms with Gasteiger partial charge in [0.2, 0.25) is 0 Å². The number of benzene rings is 6. The van der Waals surface area contributed by atoms with Gasteiger partial charge in [0.25, 0.3) is 0 Å². The van der Waals surface area contributed by atoms with Crippen molar-refractivity contribution in [2.24, 2.45) is 0 Å². The third-order valence-corrected chi connectivity index (χ3v) is 56.1. The van der Waals surface area contributed by atoms with E-state index >= 15 is 0 Å². The Morgan fingerprint density at radius 1 is 0.357 bits per heavy atom. The van der Waals surface area contributed by atoms with E-state index < -0.39 is 26.0 Å². The van der Waals surface area contributed by atoms with Crippen molar-refractivity contribution in [3.8, 4) is 0 Å². The van der Waals surface area contributed by atoms with Crippen LogP contribution in [0.4, 0.5) is 0 Å². The Kier molecular flexibility index (Phi) is 9.36. The van der Waals surface area contributed by atoms with Gasteiger partial charge in [0.15, 0.2) is 0 Å². The average Bonchev–Trinajstić information content (AvgIpc) is 3.08. The van der Waals surface area contributed by atoms with E-state index in [4.69, 9.17) is 11.6 Å². The molecule has 0 nitrogen and oxygen atoms in total. The molecule has 0 spiro atoms. The fourth-order valence-electron chi connectivity index (χ4n) is 6.03. The molecule has 0 radical (unpaired) electrons. The first-order valence-corrected chi connectivity index (χ1v) is 26.9. The van der Waals surface area contributed by atoms with Crippen molar-refractivity contribution in [3.63, 3.8) is 0 Å². The summed E-state index contributed by atoms with van der Waals surface area (Å²) < 4.78 is 2.64. The maximum absolute atomic E-state index is 6.96. The molecule has 0 atom stereocenters. The molecular formula is C38H35ClIrP2. The van der Waals surface area contributed by atoms with E-state index in [1.54, 1.807) is 0 Å². The van der Waals surface area contributed by atoms with E-state index in [2.05, 4.69) is 187 Å². The number of hydrogen-bond acceptors (Lipinski definition) is 0. The quantitative estimate of drug-likeness (QED) is 0.110. The maximum atomic E-state index is 6.96. The van der Waals surface area contributed by atoms with Crippen LogP contribution in [0.3, 0.4) is 0 Å². The molecule has 0 aromatic heterocycles. The Hall–Kier alpha value is -3.01. The molecule has 0 bridgehead atoms. The second kappa shape index (κ2) is 13.5. The topological polar surface area (TPSA) is 0 Å². The summed E-state index contributed by atoms with van der Waals surface area (Å²) in [5, 5.41) is 8.82. The van der Waals surface area contributed by atoms with Gasteiger partial charge in [0.05, 0.1) is 0 Å². The van der Waals surface area contributed by atoms with Crippen LogP contribution in [0.25, 0.3) is 0 Å². The molecule has 6 rings (SSSR count). The van der Waals surface area contributed by atoms with Gasteiger partial charge >= 0.3 is 262 Å². The Balaban J connectivity index is 1.88. The molecular weight excluding hydrogens is 746 g/mol. The van der Waals surface area contributed by atoms with E-state index in [0.717, 1.165) is 0 Å². The zero-order chi connectivity index (χ0) is 28.7. The minimum atomic E-state index is -2.67. The van der Waals surface area contributed by atoms with E-state index in [1.807, 2.05) is 0 Å². The summed E-state index contributed by atoms with van der Waals surface area (Å²) in [5.41, 5.74) is -5.34. The second-order valence-corrected chi connectivity index (χ2v) is 38.6. The fourth-order valence-corrected chi connectivity index (χ4v) is 70.0. The standard InChI is InChI=1S/2C18H15P.C2H3Cl.Ir/c2*1-4-10-16(11-5-1)19(17-12-6-2-7-13-17)18-14-8-3-9-15-18;1-2-3;/h2*1-15H;1H,2H2;/q;;;-2/p+2. The van der Waals surface area contributed by atoms with Crippen LogP contribution in [0.15, 0.2) is 182 Å². The van der Waals surface area contributed by atoms with Gasteiger partial charge in [-0.05, 0) is 0 Å². The molecule has 213 valence electrons. The van der Waals surface area contributed by atoms with Crippen molar-refractivity contribution in [1.82, 2.24) is 0 Å². The molecule has 0 amide bonds. The summed E-state index contributed by atoms with van der Waals surface area (Å²) in [6, 6.07) is 68.6. The summed E-state index contributed by atoms with van der Waals surface area (Å²) >= 11 is 4.45. The van der Waals surface area contributed by atoms with E-state index in [9.17, 15) is 0 Å². The molecule has 0 aliphatic heterocycles. The van der Waals surface area contributed by atoms with Crippen LogP contribution >= 0.6 is 22.6 Å². The number of halogens is 1. The first kappa shape index (κ1) is 29.1. The average molecular weight is 781 g/mol. The van der Waals surface area contributed by atoms with Crippen LogP contribution in [-0.2, 0) is 15.0 Å². The van der Waals surface area contributed by atoms with Crippen molar-refractivity contribution >= 4 is 59.0 Å². The van der Waals surface area contributed by atoms with Crippen molar-refractivity contribution in [3.05, 3.63) is 182 Å². The van der Waals surface area contributed by atoms with Crippen LogP contribution < -0.4 is 31.8 Å². The first-order valence-electron chi connectivity index (χ1n) is 14.2. The third kappa shape index (κ3) is 5.20. The predicted octanol–water partition coefficient (Wildman–Crippen LogP) is 6.93. The zero-order valence-electron chi connectivity index (χ0n) is 23.3. The van der Waals surface area contributed by atoms with Crippen molar-refractivity contribution in [2.45, 2.75) is 0 Å². The molecule has 0 heterocycles. The van der Waals surface area contributed by atoms with E-state index in [-0.39, 0.29) is 0 Å². The number of alkyl halides is 1. The molecule has 6 aromatic rings. The van der Waals surface area contributed by atoms with E-state index in [1.165, 1.54) is 31.8 Å². The van der Waals surface area contributed by atoms with Crippen LogP contribution in [0, 0.1) is 0 Å².